The van der Waals surface area contributed by atoms with E-state index in [2.05, 4.69) is 4.98 Å². The van der Waals surface area contributed by atoms with Crippen LogP contribution in [0.4, 0.5) is 0 Å². The van der Waals surface area contributed by atoms with Crippen LogP contribution in [0.1, 0.15) is 11.7 Å². The molecule has 0 N–H and O–H groups in total. The molecule has 0 spiro atoms. The molecule has 5 nitrogen and oxygen atoms in total. The zero-order valence-corrected chi connectivity index (χ0v) is 12.3. The van der Waals surface area contributed by atoms with Gasteiger partial charge >= 0.3 is 0 Å². The van der Waals surface area contributed by atoms with Crippen molar-refractivity contribution in [3.8, 4) is 11.5 Å². The molecule has 1 aromatic carbocycles. The zero-order chi connectivity index (χ0) is 14.1. The van der Waals surface area contributed by atoms with Gasteiger partial charge in [-0.1, -0.05) is 11.6 Å². The SMILES string of the molecule is Cc1cnc(C[S@](=O)c2cc3c(cc2Cl)OCCO3)o1. The van der Waals surface area contributed by atoms with Gasteiger partial charge in [0.25, 0.3) is 0 Å². The fourth-order valence-corrected chi connectivity index (χ4v) is 3.32. The van der Waals surface area contributed by atoms with Crippen molar-refractivity contribution < 1.29 is 18.1 Å². The average Bonchev–Trinajstić information content (AvgIpc) is 2.83. The molecule has 3 rings (SSSR count). The van der Waals surface area contributed by atoms with Gasteiger partial charge in [-0.2, -0.15) is 0 Å². The van der Waals surface area contributed by atoms with Crippen LogP contribution in [-0.2, 0) is 16.6 Å². The van der Waals surface area contributed by atoms with Crippen molar-refractivity contribution in [2.45, 2.75) is 17.6 Å². The van der Waals surface area contributed by atoms with Crippen molar-refractivity contribution in [1.29, 1.82) is 0 Å². The van der Waals surface area contributed by atoms with Gasteiger partial charge in [-0.3, -0.25) is 4.21 Å². The van der Waals surface area contributed by atoms with Crippen molar-refractivity contribution in [1.82, 2.24) is 4.98 Å². The van der Waals surface area contributed by atoms with Crippen molar-refractivity contribution in [2.75, 3.05) is 13.2 Å². The lowest BCUT2D eigenvalue weighted by Crippen LogP contribution is -2.15. The highest BCUT2D eigenvalue weighted by atomic mass is 35.5. The maximum absolute atomic E-state index is 12.4. The number of fused-ring (bicyclic) bond motifs is 1. The van der Waals surface area contributed by atoms with E-state index in [1.165, 1.54) is 0 Å². The van der Waals surface area contributed by atoms with E-state index in [0.717, 1.165) is 0 Å². The molecule has 0 fully saturated rings. The molecular formula is C13H12ClNO4S. The highest BCUT2D eigenvalue weighted by Crippen LogP contribution is 2.37. The highest BCUT2D eigenvalue weighted by Gasteiger charge is 2.19. The second-order valence-corrected chi connectivity index (χ2v) is 6.11. The van der Waals surface area contributed by atoms with E-state index >= 15 is 0 Å². The van der Waals surface area contributed by atoms with E-state index < -0.39 is 10.8 Å². The smallest absolute Gasteiger partial charge is 0.207 e. The van der Waals surface area contributed by atoms with Gasteiger partial charge in [0, 0.05) is 12.1 Å². The average molecular weight is 314 g/mol. The Morgan fingerprint density at radius 1 is 1.30 bits per heavy atom. The van der Waals surface area contributed by atoms with E-state index in [1.54, 1.807) is 25.3 Å². The Balaban J connectivity index is 1.87. The summed E-state index contributed by atoms with van der Waals surface area (Å²) in [6, 6.07) is 3.28. The zero-order valence-electron chi connectivity index (χ0n) is 10.7. The maximum atomic E-state index is 12.4. The maximum Gasteiger partial charge on any atom is 0.207 e. The van der Waals surface area contributed by atoms with Gasteiger partial charge in [0.05, 0.1) is 26.9 Å². The molecule has 0 saturated heterocycles. The Kier molecular flexibility index (Phi) is 3.67. The van der Waals surface area contributed by atoms with Crippen LogP contribution in [0.2, 0.25) is 5.02 Å². The van der Waals surface area contributed by atoms with Crippen LogP contribution < -0.4 is 9.47 Å². The largest absolute Gasteiger partial charge is 0.486 e. The molecule has 2 heterocycles. The number of aromatic nitrogens is 1. The molecule has 0 aliphatic carbocycles. The second-order valence-electron chi connectivity index (χ2n) is 4.28. The standard InChI is InChI=1S/C13H12ClNO4S/c1-8-6-15-13(19-8)7-20(16)12-5-11-10(4-9(12)14)17-2-3-18-11/h4-6H,2-3,7H2,1H3/t20-/m0/s1. The third-order valence-corrected chi connectivity index (χ3v) is 4.53. The number of ether oxygens (including phenoxy) is 2. The molecule has 0 unspecified atom stereocenters. The monoisotopic (exact) mass is 313 g/mol. The van der Waals surface area contributed by atoms with Crippen LogP contribution in [0.3, 0.4) is 0 Å². The van der Waals surface area contributed by atoms with E-state index in [-0.39, 0.29) is 5.75 Å². The molecule has 2 aromatic rings. The Morgan fingerprint density at radius 2 is 2.00 bits per heavy atom. The van der Waals surface area contributed by atoms with Crippen LogP contribution >= 0.6 is 11.6 Å². The number of hydrogen-bond acceptors (Lipinski definition) is 5. The summed E-state index contributed by atoms with van der Waals surface area (Å²) < 4.78 is 28.6. The lowest BCUT2D eigenvalue weighted by molar-refractivity contribution is 0.171. The van der Waals surface area contributed by atoms with Gasteiger partial charge in [0.1, 0.15) is 24.7 Å². The fraction of sp³-hybridized carbons (Fsp3) is 0.308. The first-order chi connectivity index (χ1) is 9.63. The number of hydrogen-bond donors (Lipinski definition) is 0. The van der Waals surface area contributed by atoms with Crippen LogP contribution in [0.15, 0.2) is 27.6 Å². The van der Waals surface area contributed by atoms with Crippen molar-refractivity contribution >= 4 is 22.4 Å². The van der Waals surface area contributed by atoms with Crippen molar-refractivity contribution in [2.24, 2.45) is 0 Å². The summed E-state index contributed by atoms with van der Waals surface area (Å²) in [5, 5.41) is 0.385. The van der Waals surface area contributed by atoms with Gasteiger partial charge in [0.2, 0.25) is 5.89 Å². The molecule has 1 atom stereocenters. The summed E-state index contributed by atoms with van der Waals surface area (Å²) in [4.78, 5) is 4.53. The summed E-state index contributed by atoms with van der Waals surface area (Å²) in [7, 11) is -1.35. The first-order valence-electron chi connectivity index (χ1n) is 6.02. The quantitative estimate of drug-likeness (QED) is 0.872. The van der Waals surface area contributed by atoms with Crippen LogP contribution in [0.25, 0.3) is 0 Å². The lowest BCUT2D eigenvalue weighted by atomic mass is 10.3. The fourth-order valence-electron chi connectivity index (χ4n) is 1.88. The molecule has 1 aromatic heterocycles. The van der Waals surface area contributed by atoms with Gasteiger partial charge in [-0.05, 0) is 6.92 Å². The number of halogens is 1. The Labute approximate surface area is 123 Å². The molecule has 0 saturated carbocycles. The van der Waals surface area contributed by atoms with Gasteiger partial charge < -0.3 is 13.9 Å². The minimum absolute atomic E-state index is 0.174. The van der Waals surface area contributed by atoms with E-state index in [4.69, 9.17) is 25.5 Å². The molecule has 1 aliphatic heterocycles. The lowest BCUT2D eigenvalue weighted by Gasteiger charge is -2.19. The third-order valence-electron chi connectivity index (χ3n) is 2.77. The predicted octanol–water partition coefficient (Wildman–Crippen LogP) is 2.72. The summed E-state index contributed by atoms with van der Waals surface area (Å²) in [5.41, 5.74) is 0. The topological polar surface area (TPSA) is 61.6 Å². The molecule has 106 valence electrons. The second kappa shape index (κ2) is 5.46. The molecule has 0 bridgehead atoms. The molecule has 0 amide bonds. The van der Waals surface area contributed by atoms with E-state index in [9.17, 15) is 4.21 Å². The van der Waals surface area contributed by atoms with Crippen molar-refractivity contribution in [3.63, 3.8) is 0 Å². The number of rotatable bonds is 3. The first kappa shape index (κ1) is 13.5. The van der Waals surface area contributed by atoms with E-state index in [0.29, 0.717) is 46.3 Å². The van der Waals surface area contributed by atoms with Gasteiger partial charge in [-0.15, -0.1) is 0 Å². The molecule has 20 heavy (non-hydrogen) atoms. The van der Waals surface area contributed by atoms with Gasteiger partial charge in [-0.25, -0.2) is 4.98 Å². The van der Waals surface area contributed by atoms with Crippen LogP contribution in [-0.4, -0.2) is 22.4 Å². The number of nitrogens with zero attached hydrogens (tertiary/aromatic N) is 1. The third kappa shape index (κ3) is 2.66. The predicted molar refractivity (Wildman–Crippen MR) is 73.8 cm³/mol. The summed E-state index contributed by atoms with van der Waals surface area (Å²) in [5.74, 6) is 2.42. The minimum atomic E-state index is -1.35. The minimum Gasteiger partial charge on any atom is -0.486 e. The van der Waals surface area contributed by atoms with Crippen molar-refractivity contribution in [3.05, 3.63) is 35.0 Å². The molecule has 1 aliphatic rings. The Bertz CT molecular complexity index is 670. The number of aryl methyl sites for hydroxylation is 1. The number of oxazole rings is 1. The number of benzene rings is 1. The summed E-state index contributed by atoms with van der Waals surface area (Å²) >= 11 is 6.15. The van der Waals surface area contributed by atoms with E-state index in [1.807, 2.05) is 0 Å². The Hall–Kier alpha value is -1.53. The molecule has 0 radical (unpaired) electrons. The van der Waals surface area contributed by atoms with Crippen LogP contribution in [0.5, 0.6) is 11.5 Å². The van der Waals surface area contributed by atoms with Crippen LogP contribution in [0, 0.1) is 6.92 Å². The highest BCUT2D eigenvalue weighted by molar-refractivity contribution is 7.84. The molecule has 7 heteroatoms. The Morgan fingerprint density at radius 3 is 2.65 bits per heavy atom. The summed E-state index contributed by atoms with van der Waals surface area (Å²) in [6.07, 6.45) is 1.60. The van der Waals surface area contributed by atoms with Gasteiger partial charge in [0.15, 0.2) is 11.5 Å². The summed E-state index contributed by atoms with van der Waals surface area (Å²) in [6.45, 7) is 2.75. The first-order valence-corrected chi connectivity index (χ1v) is 7.72. The molecular weight excluding hydrogens is 302 g/mol. The normalized spacial score (nSPS) is 15.1.